The largest absolute Gasteiger partial charge is 0.361 e. The van der Waals surface area contributed by atoms with Gasteiger partial charge in [-0.15, -0.1) is 0 Å². The quantitative estimate of drug-likeness (QED) is 0.647. The van der Waals surface area contributed by atoms with Gasteiger partial charge in [0.05, 0.1) is 6.54 Å². The molecule has 0 bridgehead atoms. The van der Waals surface area contributed by atoms with Crippen LogP contribution >= 0.6 is 23.5 Å². The number of carbonyl (C=O) groups excluding carboxylic acids is 1. The Morgan fingerprint density at radius 3 is 2.89 bits per heavy atom. The van der Waals surface area contributed by atoms with Crippen molar-refractivity contribution in [2.24, 2.45) is 4.99 Å². The molecule has 6 heteroatoms. The lowest BCUT2D eigenvalue weighted by Crippen LogP contribution is -2.26. The zero-order valence-electron chi connectivity index (χ0n) is 14.9. The zero-order chi connectivity index (χ0) is 18.5. The third kappa shape index (κ3) is 4.39. The summed E-state index contributed by atoms with van der Waals surface area (Å²) in [6, 6.07) is 16.1. The summed E-state index contributed by atoms with van der Waals surface area (Å²) >= 11 is 3.52. The van der Waals surface area contributed by atoms with Crippen molar-refractivity contribution < 1.29 is 4.79 Å². The molecule has 0 spiro atoms. The number of fused-ring (bicyclic) bond motifs is 1. The predicted molar refractivity (Wildman–Crippen MR) is 117 cm³/mol. The maximum Gasteiger partial charge on any atom is 0.251 e. The SMILES string of the molecule is O=C(NCCc1c[nH]c2ccccc12)c1ccccc1CSC1=NCCS1. The van der Waals surface area contributed by atoms with E-state index in [4.69, 9.17) is 0 Å². The Labute approximate surface area is 167 Å². The van der Waals surface area contributed by atoms with Crippen LogP contribution < -0.4 is 5.32 Å². The van der Waals surface area contributed by atoms with Gasteiger partial charge in [0.25, 0.3) is 5.91 Å². The number of carbonyl (C=O) groups is 1. The lowest BCUT2D eigenvalue weighted by molar-refractivity contribution is 0.0953. The monoisotopic (exact) mass is 395 g/mol. The molecule has 2 N–H and O–H groups in total. The van der Waals surface area contributed by atoms with Crippen LogP contribution in [0.2, 0.25) is 0 Å². The van der Waals surface area contributed by atoms with E-state index >= 15 is 0 Å². The first-order valence-corrected chi connectivity index (χ1v) is 11.0. The molecule has 1 aliphatic heterocycles. The summed E-state index contributed by atoms with van der Waals surface area (Å²) < 4.78 is 1.13. The summed E-state index contributed by atoms with van der Waals surface area (Å²) in [4.78, 5) is 20.4. The first kappa shape index (κ1) is 18.2. The molecule has 0 unspecified atom stereocenters. The Morgan fingerprint density at radius 2 is 2.00 bits per heavy atom. The first-order valence-electron chi connectivity index (χ1n) is 9.02. The summed E-state index contributed by atoms with van der Waals surface area (Å²) in [7, 11) is 0. The van der Waals surface area contributed by atoms with Crippen LogP contribution in [0.5, 0.6) is 0 Å². The molecule has 2 aromatic carbocycles. The van der Waals surface area contributed by atoms with E-state index in [9.17, 15) is 4.79 Å². The molecule has 4 rings (SSSR count). The molecule has 0 atom stereocenters. The molecule has 2 heterocycles. The minimum Gasteiger partial charge on any atom is -0.361 e. The number of nitrogens with zero attached hydrogens (tertiary/aromatic N) is 1. The number of H-pyrrole nitrogens is 1. The van der Waals surface area contributed by atoms with Crippen molar-refractivity contribution in [2.45, 2.75) is 12.2 Å². The Kier molecular flexibility index (Phi) is 5.84. The third-order valence-corrected chi connectivity index (χ3v) is 6.83. The van der Waals surface area contributed by atoms with Crippen LogP contribution in [0.15, 0.2) is 59.7 Å². The summed E-state index contributed by atoms with van der Waals surface area (Å²) in [5.41, 5.74) is 4.18. The fourth-order valence-corrected chi connectivity index (χ4v) is 5.17. The van der Waals surface area contributed by atoms with Crippen molar-refractivity contribution in [3.63, 3.8) is 0 Å². The van der Waals surface area contributed by atoms with Crippen LogP contribution in [0, 0.1) is 0 Å². The van der Waals surface area contributed by atoms with Crippen molar-refractivity contribution in [2.75, 3.05) is 18.8 Å². The topological polar surface area (TPSA) is 57.2 Å². The zero-order valence-corrected chi connectivity index (χ0v) is 16.5. The molecule has 0 aliphatic carbocycles. The Hall–Kier alpha value is -2.18. The van der Waals surface area contributed by atoms with Gasteiger partial charge in [0, 0.05) is 40.7 Å². The maximum atomic E-state index is 12.7. The maximum absolute atomic E-state index is 12.7. The molecular formula is C21H21N3OS2. The van der Waals surface area contributed by atoms with Gasteiger partial charge in [0.1, 0.15) is 4.38 Å². The molecule has 0 saturated heterocycles. The van der Waals surface area contributed by atoms with Crippen molar-refractivity contribution in [3.05, 3.63) is 71.4 Å². The lowest BCUT2D eigenvalue weighted by atomic mass is 10.1. The number of rotatable bonds is 6. The van der Waals surface area contributed by atoms with E-state index < -0.39 is 0 Å². The van der Waals surface area contributed by atoms with Gasteiger partial charge < -0.3 is 10.3 Å². The van der Waals surface area contributed by atoms with Gasteiger partial charge >= 0.3 is 0 Å². The molecule has 3 aromatic rings. The van der Waals surface area contributed by atoms with Gasteiger partial charge in [-0.1, -0.05) is 59.9 Å². The van der Waals surface area contributed by atoms with Crippen LogP contribution in [0.25, 0.3) is 10.9 Å². The highest BCUT2D eigenvalue weighted by atomic mass is 32.2. The number of benzene rings is 2. The second kappa shape index (κ2) is 8.67. The first-order chi connectivity index (χ1) is 13.3. The van der Waals surface area contributed by atoms with Crippen molar-refractivity contribution in [1.82, 2.24) is 10.3 Å². The summed E-state index contributed by atoms with van der Waals surface area (Å²) in [5, 5.41) is 4.29. The van der Waals surface area contributed by atoms with Crippen LogP contribution in [0.4, 0.5) is 0 Å². The molecule has 0 radical (unpaired) electrons. The van der Waals surface area contributed by atoms with Gasteiger partial charge in [0.2, 0.25) is 0 Å². The van der Waals surface area contributed by atoms with Crippen molar-refractivity contribution in [3.8, 4) is 0 Å². The minimum absolute atomic E-state index is 0.00736. The van der Waals surface area contributed by atoms with E-state index in [1.807, 2.05) is 42.6 Å². The molecule has 138 valence electrons. The van der Waals surface area contributed by atoms with Gasteiger partial charge in [0.15, 0.2) is 0 Å². The number of aromatic amines is 1. The Bertz CT molecular complexity index is 980. The number of hydrogen-bond donors (Lipinski definition) is 2. The van der Waals surface area contributed by atoms with E-state index in [-0.39, 0.29) is 5.91 Å². The van der Waals surface area contributed by atoms with E-state index in [1.165, 1.54) is 10.9 Å². The fourth-order valence-electron chi connectivity index (χ4n) is 3.15. The molecule has 0 saturated carbocycles. The number of thioether (sulfide) groups is 2. The molecular weight excluding hydrogens is 374 g/mol. The Balaban J connectivity index is 1.36. The second-order valence-corrected chi connectivity index (χ2v) is 8.61. The standard InChI is InChI=1S/C21H21N3OS2/c25-20(22-10-9-15-13-24-19-8-4-3-6-17(15)19)18-7-2-1-5-16(18)14-27-21-23-11-12-26-21/h1-8,13,24H,9-12,14H2,(H,22,25). The number of para-hydroxylation sites is 1. The van der Waals surface area contributed by atoms with Crippen molar-refractivity contribution >= 4 is 44.7 Å². The number of hydrogen-bond acceptors (Lipinski definition) is 4. The van der Waals surface area contributed by atoms with E-state index in [1.54, 1.807) is 23.5 Å². The highest BCUT2D eigenvalue weighted by Gasteiger charge is 2.13. The molecule has 1 aromatic heterocycles. The van der Waals surface area contributed by atoms with Crippen molar-refractivity contribution in [1.29, 1.82) is 0 Å². The van der Waals surface area contributed by atoms with Gasteiger partial charge in [-0.05, 0) is 29.7 Å². The van der Waals surface area contributed by atoms with E-state index in [0.717, 1.165) is 45.5 Å². The van der Waals surface area contributed by atoms with E-state index in [2.05, 4.69) is 27.4 Å². The number of amides is 1. The number of aromatic nitrogens is 1. The van der Waals surface area contributed by atoms with Crippen LogP contribution in [-0.4, -0.2) is 34.1 Å². The van der Waals surface area contributed by atoms with Gasteiger partial charge in [-0.2, -0.15) is 0 Å². The molecule has 0 fully saturated rings. The number of aliphatic imine (C=N–C) groups is 1. The fraction of sp³-hybridized carbons (Fsp3) is 0.238. The predicted octanol–water partition coefficient (Wildman–Crippen LogP) is 4.48. The highest BCUT2D eigenvalue weighted by molar-refractivity contribution is 8.38. The smallest absolute Gasteiger partial charge is 0.251 e. The summed E-state index contributed by atoms with van der Waals surface area (Å²) in [6.45, 7) is 1.52. The highest BCUT2D eigenvalue weighted by Crippen LogP contribution is 2.26. The second-order valence-electron chi connectivity index (χ2n) is 6.31. The summed E-state index contributed by atoms with van der Waals surface area (Å²) in [6.07, 6.45) is 2.83. The Morgan fingerprint density at radius 1 is 1.15 bits per heavy atom. The van der Waals surface area contributed by atoms with Gasteiger partial charge in [-0.3, -0.25) is 9.79 Å². The number of nitrogens with one attached hydrogen (secondary N) is 2. The average Bonchev–Trinajstić information content (AvgIpc) is 3.37. The molecule has 1 amide bonds. The van der Waals surface area contributed by atoms with Gasteiger partial charge in [-0.25, -0.2) is 0 Å². The van der Waals surface area contributed by atoms with Crippen LogP contribution in [-0.2, 0) is 12.2 Å². The van der Waals surface area contributed by atoms with E-state index in [0.29, 0.717) is 6.54 Å². The average molecular weight is 396 g/mol. The summed E-state index contributed by atoms with van der Waals surface area (Å²) in [5.74, 6) is 1.84. The molecule has 4 nitrogen and oxygen atoms in total. The molecule has 27 heavy (non-hydrogen) atoms. The van der Waals surface area contributed by atoms with Crippen LogP contribution in [0.1, 0.15) is 21.5 Å². The van der Waals surface area contributed by atoms with Crippen LogP contribution in [0.3, 0.4) is 0 Å². The minimum atomic E-state index is -0.00736. The normalized spacial score (nSPS) is 13.7. The third-order valence-electron chi connectivity index (χ3n) is 4.53. The molecule has 1 aliphatic rings. The lowest BCUT2D eigenvalue weighted by Gasteiger charge is -2.10.